The van der Waals surface area contributed by atoms with Crippen molar-refractivity contribution in [2.24, 2.45) is 0 Å². The number of hydrogen-bond acceptors (Lipinski definition) is 0. The second-order valence-corrected chi connectivity index (χ2v) is 4.00. The van der Waals surface area contributed by atoms with Gasteiger partial charge in [0.2, 0.25) is 0 Å². The molecule has 49 valence electrons. The molecular formula is C6H12IS. The van der Waals surface area contributed by atoms with Crippen molar-refractivity contribution in [2.75, 3.05) is 5.75 Å². The topological polar surface area (TPSA) is 0 Å². The minimum atomic E-state index is 0.738. The zero-order chi connectivity index (χ0) is 6.41. The summed E-state index contributed by atoms with van der Waals surface area (Å²) in [7, 11) is 0. The molecule has 0 heterocycles. The lowest BCUT2D eigenvalue weighted by Crippen LogP contribution is -1.97. The molecule has 1 radical (unpaired) electrons. The van der Waals surface area contributed by atoms with E-state index in [1.807, 2.05) is 0 Å². The van der Waals surface area contributed by atoms with E-state index in [1.54, 1.807) is 0 Å². The van der Waals surface area contributed by atoms with Crippen molar-refractivity contribution < 1.29 is 0 Å². The van der Waals surface area contributed by atoms with Crippen LogP contribution in [0.15, 0.2) is 0 Å². The van der Waals surface area contributed by atoms with Crippen molar-refractivity contribution in [1.82, 2.24) is 0 Å². The van der Waals surface area contributed by atoms with Gasteiger partial charge in [-0.2, -0.15) is 0 Å². The van der Waals surface area contributed by atoms with Crippen LogP contribution in [0, 0.1) is 0 Å². The van der Waals surface area contributed by atoms with Gasteiger partial charge in [-0.3, -0.25) is 0 Å². The summed E-state index contributed by atoms with van der Waals surface area (Å²) in [5, 5.41) is 0. The summed E-state index contributed by atoms with van der Waals surface area (Å²) in [6, 6.07) is 0. The third-order valence-corrected chi connectivity index (χ3v) is 3.12. The summed E-state index contributed by atoms with van der Waals surface area (Å²) in [5.41, 5.74) is 0. The molecule has 0 aromatic heterocycles. The molecule has 0 N–H and O–H groups in total. The molecule has 0 aliphatic carbocycles. The van der Waals surface area contributed by atoms with Gasteiger partial charge in [0.1, 0.15) is 0 Å². The van der Waals surface area contributed by atoms with E-state index in [2.05, 4.69) is 29.5 Å². The average Bonchev–Trinajstić information content (AvgIpc) is 1.83. The molecule has 0 saturated heterocycles. The second-order valence-electron chi connectivity index (χ2n) is 1.91. The highest BCUT2D eigenvalue weighted by molar-refractivity contribution is 14.1. The summed E-state index contributed by atoms with van der Waals surface area (Å²) in [6.07, 6.45) is 3.94. The number of rotatable bonds is 4. The Hall–Kier alpha value is 1.08. The van der Waals surface area contributed by atoms with Crippen LogP contribution < -0.4 is 0 Å². The predicted molar refractivity (Wildman–Crippen MR) is 49.8 cm³/mol. The van der Waals surface area contributed by atoms with E-state index in [1.165, 1.54) is 19.3 Å². The van der Waals surface area contributed by atoms with Gasteiger partial charge >= 0.3 is 0 Å². The minimum Gasteiger partial charge on any atom is -0.0930 e. The summed E-state index contributed by atoms with van der Waals surface area (Å²) < 4.78 is 0.738. The molecule has 0 saturated carbocycles. The molecule has 0 aromatic carbocycles. The molecule has 0 aliphatic heterocycles. The van der Waals surface area contributed by atoms with Crippen LogP contribution in [0.4, 0.5) is 0 Å². The van der Waals surface area contributed by atoms with Crippen LogP contribution in [0.5, 0.6) is 0 Å². The molecule has 0 bridgehead atoms. The fourth-order valence-corrected chi connectivity index (χ4v) is 1.12. The molecular weight excluding hydrogens is 231 g/mol. The van der Waals surface area contributed by atoms with Gasteiger partial charge in [-0.05, 0) is 6.42 Å². The number of halogens is 1. The standard InChI is InChI=1S/C6H12IS/c1-2-3-4-6(7)5-8/h6H,2-5H2,1H3. The fourth-order valence-electron chi connectivity index (χ4n) is 0.509. The lowest BCUT2D eigenvalue weighted by molar-refractivity contribution is 0.730. The molecule has 1 atom stereocenters. The van der Waals surface area contributed by atoms with Crippen molar-refractivity contribution in [3.63, 3.8) is 0 Å². The van der Waals surface area contributed by atoms with Crippen LogP contribution in [-0.4, -0.2) is 9.68 Å². The summed E-state index contributed by atoms with van der Waals surface area (Å²) in [6.45, 7) is 2.22. The molecule has 0 amide bonds. The minimum absolute atomic E-state index is 0.738. The molecule has 8 heavy (non-hydrogen) atoms. The molecule has 0 aromatic rings. The number of alkyl halides is 1. The normalized spacial score (nSPS) is 13.9. The van der Waals surface area contributed by atoms with E-state index >= 15 is 0 Å². The largest absolute Gasteiger partial charge is 0.0930 e. The van der Waals surface area contributed by atoms with E-state index < -0.39 is 0 Å². The monoisotopic (exact) mass is 243 g/mol. The fraction of sp³-hybridized carbons (Fsp3) is 1.00. The lowest BCUT2D eigenvalue weighted by Gasteiger charge is -2.01. The van der Waals surface area contributed by atoms with Crippen molar-refractivity contribution in [2.45, 2.75) is 30.1 Å². The maximum absolute atomic E-state index is 4.88. The van der Waals surface area contributed by atoms with Crippen molar-refractivity contribution in [3.05, 3.63) is 0 Å². The van der Waals surface area contributed by atoms with Crippen LogP contribution in [0.1, 0.15) is 26.2 Å². The molecule has 2 heteroatoms. The van der Waals surface area contributed by atoms with Crippen LogP contribution in [0.2, 0.25) is 0 Å². The number of unbranched alkanes of at least 4 members (excludes halogenated alkanes) is 1. The van der Waals surface area contributed by atoms with E-state index in [0.29, 0.717) is 0 Å². The third-order valence-electron chi connectivity index (χ3n) is 1.05. The Morgan fingerprint density at radius 1 is 1.62 bits per heavy atom. The SMILES string of the molecule is CCCCC(I)C[S]. The first-order valence-corrected chi connectivity index (χ1v) is 4.85. The molecule has 0 spiro atoms. The summed E-state index contributed by atoms with van der Waals surface area (Å²) in [4.78, 5) is 0. The Morgan fingerprint density at radius 2 is 2.25 bits per heavy atom. The Labute approximate surface area is 71.0 Å². The molecule has 0 nitrogen and oxygen atoms in total. The lowest BCUT2D eigenvalue weighted by atomic mass is 10.2. The maximum atomic E-state index is 4.88. The Balaban J connectivity index is 2.86. The maximum Gasteiger partial charge on any atom is 0.0209 e. The summed E-state index contributed by atoms with van der Waals surface area (Å²) >= 11 is 7.31. The highest BCUT2D eigenvalue weighted by atomic mass is 127. The van der Waals surface area contributed by atoms with E-state index in [-0.39, 0.29) is 0 Å². The first kappa shape index (κ1) is 9.08. The Kier molecular flexibility index (Phi) is 7.04. The van der Waals surface area contributed by atoms with E-state index in [4.69, 9.17) is 12.6 Å². The van der Waals surface area contributed by atoms with Gasteiger partial charge in [0.05, 0.1) is 0 Å². The van der Waals surface area contributed by atoms with E-state index in [0.717, 1.165) is 9.68 Å². The van der Waals surface area contributed by atoms with Gasteiger partial charge in [0.15, 0.2) is 0 Å². The van der Waals surface area contributed by atoms with E-state index in [9.17, 15) is 0 Å². The molecule has 0 fully saturated rings. The van der Waals surface area contributed by atoms with Gasteiger partial charge in [0.25, 0.3) is 0 Å². The van der Waals surface area contributed by atoms with Crippen LogP contribution >= 0.6 is 35.2 Å². The third kappa shape index (κ3) is 5.22. The first-order chi connectivity index (χ1) is 3.81. The quantitative estimate of drug-likeness (QED) is 0.525. The van der Waals surface area contributed by atoms with Gasteiger partial charge in [-0.1, -0.05) is 55.0 Å². The molecule has 0 rings (SSSR count). The summed E-state index contributed by atoms with van der Waals surface area (Å²) in [5.74, 6) is 0.917. The van der Waals surface area contributed by atoms with Crippen molar-refractivity contribution in [1.29, 1.82) is 0 Å². The zero-order valence-corrected chi connectivity index (χ0v) is 8.17. The Morgan fingerprint density at radius 3 is 2.62 bits per heavy atom. The highest BCUT2D eigenvalue weighted by Crippen LogP contribution is 2.10. The van der Waals surface area contributed by atoms with Gasteiger partial charge in [-0.15, -0.1) is 0 Å². The zero-order valence-electron chi connectivity index (χ0n) is 5.19. The van der Waals surface area contributed by atoms with Gasteiger partial charge in [-0.25, -0.2) is 0 Å². The van der Waals surface area contributed by atoms with Crippen LogP contribution in [0.3, 0.4) is 0 Å². The molecule has 1 unspecified atom stereocenters. The highest BCUT2D eigenvalue weighted by Gasteiger charge is 1.97. The van der Waals surface area contributed by atoms with Gasteiger partial charge in [0, 0.05) is 9.68 Å². The first-order valence-electron chi connectivity index (χ1n) is 3.03. The predicted octanol–water partition coefficient (Wildman–Crippen LogP) is 3.18. The Bertz CT molecular complexity index is 47.8. The van der Waals surface area contributed by atoms with Crippen molar-refractivity contribution in [3.8, 4) is 0 Å². The van der Waals surface area contributed by atoms with Crippen LogP contribution in [0.25, 0.3) is 0 Å². The average molecular weight is 243 g/mol. The number of hydrogen-bond donors (Lipinski definition) is 0. The van der Waals surface area contributed by atoms with Crippen molar-refractivity contribution >= 4 is 35.2 Å². The smallest absolute Gasteiger partial charge is 0.0209 e. The van der Waals surface area contributed by atoms with Crippen LogP contribution in [-0.2, 0) is 0 Å². The van der Waals surface area contributed by atoms with Gasteiger partial charge < -0.3 is 0 Å². The molecule has 0 aliphatic rings. The second kappa shape index (κ2) is 6.20.